The van der Waals surface area contributed by atoms with E-state index >= 15 is 0 Å². The van der Waals surface area contributed by atoms with Crippen LogP contribution in [0.25, 0.3) is 5.57 Å². The summed E-state index contributed by atoms with van der Waals surface area (Å²) in [6.45, 7) is 13.6. The van der Waals surface area contributed by atoms with Gasteiger partial charge in [-0.05, 0) is 77.3 Å². The molecule has 0 saturated heterocycles. The zero-order valence-corrected chi connectivity index (χ0v) is 26.5. The molecule has 2 aromatic rings. The van der Waals surface area contributed by atoms with E-state index in [9.17, 15) is 19.7 Å². The van der Waals surface area contributed by atoms with Crippen LogP contribution in [0.3, 0.4) is 0 Å². The highest BCUT2D eigenvalue weighted by Gasteiger charge is 2.37. The number of rotatable bonds is 8. The van der Waals surface area contributed by atoms with Crippen molar-refractivity contribution in [3.63, 3.8) is 0 Å². The number of nitro groups is 1. The minimum absolute atomic E-state index is 0.0317. The zero-order valence-electron chi connectivity index (χ0n) is 23.3. The van der Waals surface area contributed by atoms with Crippen LogP contribution in [0.5, 0.6) is 0 Å². The van der Waals surface area contributed by atoms with Crippen molar-refractivity contribution >= 4 is 59.9 Å². The fraction of sp³-hybridized carbons (Fsp3) is 0.429. The Balaban J connectivity index is 1.95. The number of anilines is 1. The van der Waals surface area contributed by atoms with E-state index in [0.717, 1.165) is 9.13 Å². The van der Waals surface area contributed by atoms with Crippen molar-refractivity contribution in [3.8, 4) is 0 Å². The lowest BCUT2D eigenvalue weighted by Crippen LogP contribution is -2.40. The Bertz CT molecular complexity index is 1290. The standard InChI is InChI=1S/C28H36IN3O6Si/c1-7-37-27(34)31-16-15-21(22(17-31)20-12-8-9-14-24(20)32(35)36)26(33)30-23-13-10-11-19(25(23)29)18-38-39(5,6)28(2,3)4/h8-14H,7,15-18H2,1-6H3,(H,30,33). The van der Waals surface area contributed by atoms with Crippen LogP contribution in [0, 0.1) is 13.7 Å². The number of nitrogens with one attached hydrogen (secondary N) is 1. The largest absolute Gasteiger partial charge is 0.450 e. The van der Waals surface area contributed by atoms with Crippen molar-refractivity contribution in [1.29, 1.82) is 0 Å². The van der Waals surface area contributed by atoms with Crippen molar-refractivity contribution in [2.24, 2.45) is 0 Å². The molecule has 0 bridgehead atoms. The molecule has 2 aromatic carbocycles. The number of hydrogen-bond donors (Lipinski definition) is 1. The number of halogens is 1. The summed E-state index contributed by atoms with van der Waals surface area (Å²) in [5, 5.41) is 14.9. The molecule has 0 spiro atoms. The van der Waals surface area contributed by atoms with E-state index in [-0.39, 0.29) is 42.8 Å². The monoisotopic (exact) mass is 665 g/mol. The van der Waals surface area contributed by atoms with Gasteiger partial charge in [0.25, 0.3) is 11.6 Å². The average Bonchev–Trinajstić information content (AvgIpc) is 2.88. The number of para-hydroxylation sites is 1. The number of amides is 2. The molecule has 2 amide bonds. The first-order valence-electron chi connectivity index (χ1n) is 12.9. The second kappa shape index (κ2) is 12.6. The topological polar surface area (TPSA) is 111 Å². The first kappa shape index (κ1) is 30.8. The molecule has 0 aromatic heterocycles. The maximum atomic E-state index is 13.6. The first-order chi connectivity index (χ1) is 18.3. The smallest absolute Gasteiger partial charge is 0.410 e. The van der Waals surface area contributed by atoms with Gasteiger partial charge in [-0.25, -0.2) is 4.79 Å². The Morgan fingerprint density at radius 3 is 2.49 bits per heavy atom. The van der Waals surface area contributed by atoms with Gasteiger partial charge in [-0.2, -0.15) is 0 Å². The zero-order chi connectivity index (χ0) is 29.0. The third-order valence-electron chi connectivity index (χ3n) is 7.29. The molecule has 1 aliphatic rings. The minimum atomic E-state index is -1.97. The summed E-state index contributed by atoms with van der Waals surface area (Å²) in [5.41, 5.74) is 2.65. The highest BCUT2D eigenvalue weighted by Crippen LogP contribution is 2.38. The van der Waals surface area contributed by atoms with Gasteiger partial charge in [-0.15, -0.1) is 0 Å². The van der Waals surface area contributed by atoms with Crippen LogP contribution in [0.15, 0.2) is 48.0 Å². The van der Waals surface area contributed by atoms with Crippen LogP contribution in [0.1, 0.15) is 45.2 Å². The molecule has 3 rings (SSSR count). The summed E-state index contributed by atoms with van der Waals surface area (Å²) in [6, 6.07) is 12.0. The molecule has 0 fully saturated rings. The Morgan fingerprint density at radius 1 is 1.15 bits per heavy atom. The molecule has 39 heavy (non-hydrogen) atoms. The fourth-order valence-corrected chi connectivity index (χ4v) is 5.58. The average molecular weight is 666 g/mol. The number of hydrogen-bond acceptors (Lipinski definition) is 6. The SMILES string of the molecule is CCOC(=O)N1CCC(C(=O)Nc2cccc(CO[Si](C)(C)C(C)(C)C)c2I)=C(c2ccccc2[N+](=O)[O-])C1. The lowest BCUT2D eigenvalue weighted by molar-refractivity contribution is -0.385. The van der Waals surface area contributed by atoms with E-state index in [4.69, 9.17) is 9.16 Å². The van der Waals surface area contributed by atoms with Gasteiger partial charge in [0, 0.05) is 21.8 Å². The summed E-state index contributed by atoms with van der Waals surface area (Å²) in [6.07, 6.45) is -0.284. The summed E-state index contributed by atoms with van der Waals surface area (Å²) >= 11 is 2.22. The number of ether oxygens (including phenoxy) is 1. The predicted octanol–water partition coefficient (Wildman–Crippen LogP) is 6.98. The molecular weight excluding hydrogens is 629 g/mol. The summed E-state index contributed by atoms with van der Waals surface area (Å²) in [4.78, 5) is 38.9. The molecule has 1 N–H and O–H groups in total. The summed E-state index contributed by atoms with van der Waals surface area (Å²) in [5.74, 6) is -0.355. The van der Waals surface area contributed by atoms with Crippen LogP contribution in [0.2, 0.25) is 18.1 Å². The number of carbonyl (C=O) groups excluding carboxylic acids is 2. The number of nitrogens with zero attached hydrogens (tertiary/aromatic N) is 2. The van der Waals surface area contributed by atoms with Gasteiger partial charge >= 0.3 is 6.09 Å². The van der Waals surface area contributed by atoms with Gasteiger partial charge in [0.15, 0.2) is 8.32 Å². The number of benzene rings is 2. The molecule has 0 saturated carbocycles. The van der Waals surface area contributed by atoms with Crippen molar-refractivity contribution in [3.05, 3.63) is 72.8 Å². The van der Waals surface area contributed by atoms with E-state index < -0.39 is 19.3 Å². The number of carbonyl (C=O) groups is 2. The molecule has 210 valence electrons. The second-order valence-electron chi connectivity index (χ2n) is 10.9. The van der Waals surface area contributed by atoms with Crippen LogP contribution in [-0.2, 0) is 20.6 Å². The molecule has 1 aliphatic heterocycles. The van der Waals surface area contributed by atoms with E-state index in [1.807, 2.05) is 18.2 Å². The number of nitro benzene ring substituents is 1. The van der Waals surface area contributed by atoms with Crippen LogP contribution >= 0.6 is 22.6 Å². The second-order valence-corrected chi connectivity index (χ2v) is 16.8. The lowest BCUT2D eigenvalue weighted by Gasteiger charge is -2.36. The van der Waals surface area contributed by atoms with Gasteiger partial charge < -0.3 is 19.4 Å². The van der Waals surface area contributed by atoms with Gasteiger partial charge in [0.1, 0.15) is 0 Å². The van der Waals surface area contributed by atoms with Gasteiger partial charge in [0.2, 0.25) is 0 Å². The Morgan fingerprint density at radius 2 is 1.85 bits per heavy atom. The summed E-state index contributed by atoms with van der Waals surface area (Å²) in [7, 11) is -1.97. The molecule has 0 atom stereocenters. The van der Waals surface area contributed by atoms with Gasteiger partial charge in [-0.3, -0.25) is 14.9 Å². The Labute approximate surface area is 244 Å². The van der Waals surface area contributed by atoms with Crippen molar-refractivity contribution in [1.82, 2.24) is 4.90 Å². The van der Waals surface area contributed by atoms with E-state index in [0.29, 0.717) is 29.0 Å². The Kier molecular flexibility index (Phi) is 9.94. The van der Waals surface area contributed by atoms with Crippen LogP contribution in [-0.4, -0.2) is 49.8 Å². The highest BCUT2D eigenvalue weighted by molar-refractivity contribution is 14.1. The molecule has 11 heteroatoms. The lowest BCUT2D eigenvalue weighted by atomic mass is 9.92. The van der Waals surface area contributed by atoms with Crippen LogP contribution in [0.4, 0.5) is 16.2 Å². The summed E-state index contributed by atoms with van der Waals surface area (Å²) < 4.78 is 12.4. The fourth-order valence-electron chi connectivity index (χ4n) is 3.98. The highest BCUT2D eigenvalue weighted by atomic mass is 127. The van der Waals surface area contributed by atoms with Crippen molar-refractivity contribution < 1.29 is 23.7 Å². The molecular formula is C28H36IN3O6Si. The molecule has 9 nitrogen and oxygen atoms in total. The maximum Gasteiger partial charge on any atom is 0.410 e. The Hall–Kier alpha value is -2.77. The quantitative estimate of drug-likeness (QED) is 0.141. The normalized spacial score (nSPS) is 14.3. The minimum Gasteiger partial charge on any atom is -0.450 e. The molecule has 0 unspecified atom stereocenters. The van der Waals surface area contributed by atoms with E-state index in [1.165, 1.54) is 11.0 Å². The molecule has 1 heterocycles. The van der Waals surface area contributed by atoms with Gasteiger partial charge in [0.05, 0.1) is 35.9 Å². The maximum absolute atomic E-state index is 13.6. The first-order valence-corrected chi connectivity index (χ1v) is 16.9. The predicted molar refractivity (Wildman–Crippen MR) is 163 cm³/mol. The van der Waals surface area contributed by atoms with E-state index in [2.05, 4.69) is 61.8 Å². The van der Waals surface area contributed by atoms with Gasteiger partial charge in [-0.1, -0.05) is 45.0 Å². The van der Waals surface area contributed by atoms with Crippen LogP contribution < -0.4 is 5.32 Å². The van der Waals surface area contributed by atoms with Crippen molar-refractivity contribution in [2.45, 2.75) is 58.9 Å². The molecule has 0 aliphatic carbocycles. The van der Waals surface area contributed by atoms with E-state index in [1.54, 1.807) is 25.1 Å². The molecule has 0 radical (unpaired) electrons. The van der Waals surface area contributed by atoms with Crippen molar-refractivity contribution in [2.75, 3.05) is 25.0 Å². The third kappa shape index (κ3) is 7.25. The third-order valence-corrected chi connectivity index (χ3v) is 13.0.